The van der Waals surface area contributed by atoms with Crippen LogP contribution >= 0.6 is 0 Å². The van der Waals surface area contributed by atoms with Crippen LogP contribution in [0.15, 0.2) is 33.5 Å². The van der Waals surface area contributed by atoms with E-state index in [0.717, 1.165) is 0 Å². The summed E-state index contributed by atoms with van der Waals surface area (Å²) in [5.41, 5.74) is -2.26. The van der Waals surface area contributed by atoms with Crippen LogP contribution in [0, 0.1) is 0 Å². The van der Waals surface area contributed by atoms with E-state index in [2.05, 4.69) is 9.97 Å². The fourth-order valence-corrected chi connectivity index (χ4v) is 2.85. The molecule has 0 radical (unpaired) electrons. The van der Waals surface area contributed by atoms with Gasteiger partial charge in [-0.15, -0.1) is 0 Å². The molecular formula is C16H12F3N3O3. The number of benzene rings is 1. The Morgan fingerprint density at radius 2 is 1.80 bits per heavy atom. The van der Waals surface area contributed by atoms with Crippen LogP contribution in [0.1, 0.15) is 5.69 Å². The highest BCUT2D eigenvalue weighted by molar-refractivity contribution is 6.02. The second-order valence-corrected chi connectivity index (χ2v) is 5.58. The van der Waals surface area contributed by atoms with Crippen molar-refractivity contribution < 1.29 is 22.3 Å². The summed E-state index contributed by atoms with van der Waals surface area (Å²) in [7, 11) is 0. The van der Waals surface area contributed by atoms with Crippen molar-refractivity contribution in [3.8, 4) is 0 Å². The van der Waals surface area contributed by atoms with Crippen LogP contribution < -0.4 is 10.5 Å². The molecule has 0 N–H and O–H groups in total. The van der Waals surface area contributed by atoms with E-state index in [9.17, 15) is 18.0 Å². The second kappa shape index (κ2) is 5.69. The topological polar surface area (TPSA) is 68.5 Å². The third-order valence-electron chi connectivity index (χ3n) is 4.01. The number of anilines is 1. The number of nitrogens with zero attached hydrogens (tertiary/aromatic N) is 3. The summed E-state index contributed by atoms with van der Waals surface area (Å²) in [5.74, 6) is -0.0705. The van der Waals surface area contributed by atoms with Crippen molar-refractivity contribution in [2.45, 2.75) is 6.18 Å². The van der Waals surface area contributed by atoms with E-state index in [1.54, 1.807) is 23.1 Å². The molecule has 6 nitrogen and oxygen atoms in total. The number of rotatable bonds is 1. The minimum Gasteiger partial charge on any atom is -0.422 e. The standard InChI is InChI=1S/C16H12F3N3O3/c17-16(18,19)13-11-12(9-3-1-2-4-10(9)25-14(11)23)20-15(21-13)22-5-7-24-8-6-22/h1-4H,5-8H2. The molecule has 25 heavy (non-hydrogen) atoms. The predicted molar refractivity (Wildman–Crippen MR) is 83.6 cm³/mol. The Kier molecular flexibility index (Phi) is 3.60. The molecule has 1 aliphatic rings. The molecular weight excluding hydrogens is 339 g/mol. The largest absolute Gasteiger partial charge is 0.434 e. The monoisotopic (exact) mass is 351 g/mol. The smallest absolute Gasteiger partial charge is 0.422 e. The zero-order chi connectivity index (χ0) is 17.6. The van der Waals surface area contributed by atoms with Gasteiger partial charge in [0.05, 0.1) is 18.7 Å². The molecule has 1 fully saturated rings. The second-order valence-electron chi connectivity index (χ2n) is 5.58. The van der Waals surface area contributed by atoms with E-state index in [1.807, 2.05) is 0 Å². The highest BCUT2D eigenvalue weighted by atomic mass is 19.4. The van der Waals surface area contributed by atoms with Gasteiger partial charge in [0.2, 0.25) is 5.95 Å². The zero-order valence-electron chi connectivity index (χ0n) is 12.8. The molecule has 0 atom stereocenters. The van der Waals surface area contributed by atoms with E-state index < -0.39 is 22.9 Å². The quantitative estimate of drug-likeness (QED) is 0.496. The van der Waals surface area contributed by atoms with Gasteiger partial charge < -0.3 is 14.1 Å². The molecule has 9 heteroatoms. The van der Waals surface area contributed by atoms with Crippen molar-refractivity contribution in [2.75, 3.05) is 31.2 Å². The van der Waals surface area contributed by atoms with Gasteiger partial charge in [-0.25, -0.2) is 14.8 Å². The SMILES string of the molecule is O=c1oc2ccccc2c2nc(N3CCOCC3)nc(C(F)(F)F)c12. The lowest BCUT2D eigenvalue weighted by Crippen LogP contribution is -2.37. The Balaban J connectivity index is 2.09. The van der Waals surface area contributed by atoms with Gasteiger partial charge in [-0.2, -0.15) is 13.2 Å². The molecule has 0 amide bonds. The average molecular weight is 351 g/mol. The maximum atomic E-state index is 13.5. The normalized spacial score (nSPS) is 15.9. The van der Waals surface area contributed by atoms with Crippen LogP contribution in [0.2, 0.25) is 0 Å². The number of hydrogen-bond acceptors (Lipinski definition) is 6. The fourth-order valence-electron chi connectivity index (χ4n) is 2.85. The molecule has 0 aliphatic carbocycles. The van der Waals surface area contributed by atoms with Crippen molar-refractivity contribution in [1.29, 1.82) is 0 Å². The Morgan fingerprint density at radius 3 is 2.52 bits per heavy atom. The van der Waals surface area contributed by atoms with E-state index in [0.29, 0.717) is 31.7 Å². The van der Waals surface area contributed by atoms with Gasteiger partial charge in [-0.05, 0) is 12.1 Å². The number of morpholine rings is 1. The molecule has 1 aliphatic heterocycles. The van der Waals surface area contributed by atoms with Crippen molar-refractivity contribution in [3.05, 3.63) is 40.4 Å². The fraction of sp³-hybridized carbons (Fsp3) is 0.312. The lowest BCUT2D eigenvalue weighted by Gasteiger charge is -2.27. The summed E-state index contributed by atoms with van der Waals surface area (Å²) in [6, 6.07) is 6.36. The number of hydrogen-bond donors (Lipinski definition) is 0. The van der Waals surface area contributed by atoms with Crippen LogP contribution in [-0.2, 0) is 10.9 Å². The van der Waals surface area contributed by atoms with E-state index >= 15 is 0 Å². The molecule has 0 unspecified atom stereocenters. The number of halogens is 3. The number of fused-ring (bicyclic) bond motifs is 3. The van der Waals surface area contributed by atoms with Gasteiger partial charge >= 0.3 is 11.8 Å². The average Bonchev–Trinajstić information content (AvgIpc) is 2.61. The third-order valence-corrected chi connectivity index (χ3v) is 4.01. The summed E-state index contributed by atoms with van der Waals surface area (Å²) < 4.78 is 50.8. The molecule has 3 aromatic rings. The summed E-state index contributed by atoms with van der Waals surface area (Å²) in [5, 5.41) is -0.317. The van der Waals surface area contributed by atoms with Crippen LogP contribution in [0.5, 0.6) is 0 Å². The number of para-hydroxylation sites is 1. The molecule has 0 saturated carbocycles. The minimum absolute atomic E-state index is 0.0596. The lowest BCUT2D eigenvalue weighted by atomic mass is 10.1. The minimum atomic E-state index is -4.81. The molecule has 130 valence electrons. The first kappa shape index (κ1) is 15.8. The van der Waals surface area contributed by atoms with Crippen LogP contribution in [-0.4, -0.2) is 36.3 Å². The summed E-state index contributed by atoms with van der Waals surface area (Å²) in [6.45, 7) is 1.51. The number of ether oxygens (including phenoxy) is 1. The van der Waals surface area contributed by atoms with Crippen molar-refractivity contribution in [1.82, 2.24) is 9.97 Å². The van der Waals surface area contributed by atoms with Gasteiger partial charge in [-0.1, -0.05) is 12.1 Å². The Morgan fingerprint density at radius 1 is 1.08 bits per heavy atom. The maximum absolute atomic E-state index is 13.5. The first-order chi connectivity index (χ1) is 11.9. The Bertz CT molecular complexity index is 1010. The predicted octanol–water partition coefficient (Wildman–Crippen LogP) is 2.59. The van der Waals surface area contributed by atoms with Gasteiger partial charge in [0.25, 0.3) is 0 Å². The van der Waals surface area contributed by atoms with Gasteiger partial charge in [0, 0.05) is 18.5 Å². The van der Waals surface area contributed by atoms with Crippen LogP contribution in [0.25, 0.3) is 21.9 Å². The maximum Gasteiger partial charge on any atom is 0.434 e. The van der Waals surface area contributed by atoms with E-state index in [4.69, 9.17) is 9.15 Å². The molecule has 4 rings (SSSR count). The molecule has 3 heterocycles. The third kappa shape index (κ3) is 2.70. The number of aromatic nitrogens is 2. The Labute approximate surface area is 138 Å². The lowest BCUT2D eigenvalue weighted by molar-refractivity contribution is -0.139. The zero-order valence-corrected chi connectivity index (χ0v) is 12.8. The van der Waals surface area contributed by atoms with Gasteiger partial charge in [0.1, 0.15) is 11.0 Å². The highest BCUT2D eigenvalue weighted by Gasteiger charge is 2.38. The van der Waals surface area contributed by atoms with Crippen LogP contribution in [0.3, 0.4) is 0 Å². The first-order valence-electron chi connectivity index (χ1n) is 7.58. The van der Waals surface area contributed by atoms with E-state index in [1.165, 1.54) is 6.07 Å². The van der Waals surface area contributed by atoms with Gasteiger partial charge in [0.15, 0.2) is 5.69 Å². The number of alkyl halides is 3. The summed E-state index contributed by atoms with van der Waals surface area (Å²) >= 11 is 0. The highest BCUT2D eigenvalue weighted by Crippen LogP contribution is 2.34. The van der Waals surface area contributed by atoms with Crippen molar-refractivity contribution in [2.24, 2.45) is 0 Å². The molecule has 2 aromatic heterocycles. The summed E-state index contributed by atoms with van der Waals surface area (Å²) in [6.07, 6.45) is -4.81. The molecule has 1 saturated heterocycles. The van der Waals surface area contributed by atoms with Crippen LogP contribution in [0.4, 0.5) is 19.1 Å². The van der Waals surface area contributed by atoms with E-state index in [-0.39, 0.29) is 17.0 Å². The van der Waals surface area contributed by atoms with Crippen molar-refractivity contribution in [3.63, 3.8) is 0 Å². The Hall–Kier alpha value is -2.68. The van der Waals surface area contributed by atoms with Crippen molar-refractivity contribution >= 4 is 27.8 Å². The molecule has 0 spiro atoms. The molecule has 0 bridgehead atoms. The van der Waals surface area contributed by atoms with Gasteiger partial charge in [-0.3, -0.25) is 0 Å². The first-order valence-corrected chi connectivity index (χ1v) is 7.58. The summed E-state index contributed by atoms with van der Waals surface area (Å²) in [4.78, 5) is 21.7. The molecule has 1 aromatic carbocycles.